The number of imidazole rings is 1. The number of piperazine rings is 1. The average molecular weight is 349 g/mol. The van der Waals surface area contributed by atoms with E-state index in [2.05, 4.69) is 45.0 Å². The second-order valence-corrected chi connectivity index (χ2v) is 6.93. The lowest BCUT2D eigenvalue weighted by atomic mass is 10.1. The van der Waals surface area contributed by atoms with Crippen LogP contribution in [-0.4, -0.2) is 58.9 Å². The molecule has 1 aliphatic rings. The molecule has 1 saturated heterocycles. The maximum Gasteiger partial charge on any atom is 0.250 e. The Bertz CT molecular complexity index is 940. The van der Waals surface area contributed by atoms with E-state index in [0.29, 0.717) is 11.1 Å². The summed E-state index contributed by atoms with van der Waals surface area (Å²) in [6.07, 6.45) is 0. The second kappa shape index (κ2) is 6.90. The molecule has 2 heterocycles. The molecule has 1 amide bonds. The lowest BCUT2D eigenvalue weighted by Gasteiger charge is -2.32. The lowest BCUT2D eigenvalue weighted by Crippen LogP contribution is -2.43. The van der Waals surface area contributed by atoms with Gasteiger partial charge in [0.25, 0.3) is 5.91 Å². The highest BCUT2D eigenvalue weighted by Crippen LogP contribution is 2.24. The van der Waals surface area contributed by atoms with Gasteiger partial charge in [0.1, 0.15) is 11.3 Å². The molecule has 0 aliphatic carbocycles. The molecule has 3 N–H and O–H groups in total. The van der Waals surface area contributed by atoms with E-state index in [0.717, 1.165) is 49.6 Å². The van der Waals surface area contributed by atoms with Gasteiger partial charge in [-0.25, -0.2) is 4.98 Å². The van der Waals surface area contributed by atoms with Gasteiger partial charge in [0.05, 0.1) is 11.1 Å². The number of benzene rings is 2. The number of nitrogens with one attached hydrogen (secondary N) is 1. The molecule has 6 nitrogen and oxygen atoms in total. The number of carbonyl (C=O) groups is 1. The number of nitrogens with two attached hydrogens (primary N) is 1. The molecule has 26 heavy (non-hydrogen) atoms. The number of carbonyl (C=O) groups excluding carboxylic acids is 1. The SMILES string of the molecule is CN1CCN(Cc2cccc(-c3nc4c(C(N)=O)cccc4[nH]3)c2)CC1. The van der Waals surface area contributed by atoms with Gasteiger partial charge in [-0.1, -0.05) is 24.3 Å². The zero-order valence-corrected chi connectivity index (χ0v) is 14.9. The van der Waals surface area contributed by atoms with Crippen molar-refractivity contribution < 1.29 is 4.79 Å². The van der Waals surface area contributed by atoms with Crippen LogP contribution in [0, 0.1) is 0 Å². The molecule has 134 valence electrons. The maximum absolute atomic E-state index is 11.6. The van der Waals surface area contributed by atoms with Crippen LogP contribution >= 0.6 is 0 Å². The quantitative estimate of drug-likeness (QED) is 0.756. The fraction of sp³-hybridized carbons (Fsp3) is 0.300. The molecule has 1 aromatic heterocycles. The van der Waals surface area contributed by atoms with Gasteiger partial charge in [0, 0.05) is 38.3 Å². The molecule has 0 unspecified atom stereocenters. The van der Waals surface area contributed by atoms with Gasteiger partial charge in [-0.05, 0) is 30.8 Å². The zero-order chi connectivity index (χ0) is 18.1. The first kappa shape index (κ1) is 16.8. The molecule has 0 radical (unpaired) electrons. The molecule has 1 fully saturated rings. The summed E-state index contributed by atoms with van der Waals surface area (Å²) in [7, 11) is 2.17. The van der Waals surface area contributed by atoms with Crippen LogP contribution in [0.15, 0.2) is 42.5 Å². The van der Waals surface area contributed by atoms with Crippen LogP contribution in [0.5, 0.6) is 0 Å². The molecule has 2 aromatic carbocycles. The topological polar surface area (TPSA) is 78.2 Å². The van der Waals surface area contributed by atoms with E-state index in [-0.39, 0.29) is 0 Å². The normalized spacial score (nSPS) is 16.2. The van der Waals surface area contributed by atoms with E-state index in [1.807, 2.05) is 18.2 Å². The molecule has 0 bridgehead atoms. The third kappa shape index (κ3) is 3.34. The fourth-order valence-electron chi connectivity index (χ4n) is 3.45. The Morgan fingerprint density at radius 3 is 2.69 bits per heavy atom. The Hall–Kier alpha value is -2.70. The van der Waals surface area contributed by atoms with Crippen molar-refractivity contribution in [2.45, 2.75) is 6.54 Å². The largest absolute Gasteiger partial charge is 0.366 e. The number of H-pyrrole nitrogens is 1. The Morgan fingerprint density at radius 1 is 1.15 bits per heavy atom. The van der Waals surface area contributed by atoms with Crippen LogP contribution in [0.3, 0.4) is 0 Å². The van der Waals surface area contributed by atoms with Gasteiger partial charge in [-0.2, -0.15) is 0 Å². The Morgan fingerprint density at radius 2 is 1.92 bits per heavy atom. The van der Waals surface area contributed by atoms with Crippen LogP contribution in [0.25, 0.3) is 22.4 Å². The second-order valence-electron chi connectivity index (χ2n) is 6.93. The third-order valence-corrected chi connectivity index (χ3v) is 4.98. The van der Waals surface area contributed by atoms with Gasteiger partial charge in [-0.3, -0.25) is 9.69 Å². The van der Waals surface area contributed by atoms with Crippen molar-refractivity contribution >= 4 is 16.9 Å². The van der Waals surface area contributed by atoms with E-state index in [1.54, 1.807) is 6.07 Å². The van der Waals surface area contributed by atoms with E-state index in [1.165, 1.54) is 5.56 Å². The number of primary amides is 1. The third-order valence-electron chi connectivity index (χ3n) is 4.98. The molecule has 4 rings (SSSR count). The highest BCUT2D eigenvalue weighted by Gasteiger charge is 2.15. The van der Waals surface area contributed by atoms with Crippen LogP contribution in [-0.2, 0) is 6.54 Å². The van der Waals surface area contributed by atoms with E-state index in [9.17, 15) is 4.79 Å². The number of rotatable bonds is 4. The van der Waals surface area contributed by atoms with E-state index in [4.69, 9.17) is 5.73 Å². The minimum absolute atomic E-state index is 0.443. The van der Waals surface area contributed by atoms with E-state index >= 15 is 0 Å². The summed E-state index contributed by atoms with van der Waals surface area (Å²) in [6.45, 7) is 5.34. The number of hydrogen-bond donors (Lipinski definition) is 2. The number of hydrogen-bond acceptors (Lipinski definition) is 4. The van der Waals surface area contributed by atoms with Crippen molar-refractivity contribution in [1.29, 1.82) is 0 Å². The summed E-state index contributed by atoms with van der Waals surface area (Å²) in [6, 6.07) is 13.8. The molecule has 0 atom stereocenters. The number of likely N-dealkylation sites (N-methyl/N-ethyl adjacent to an activating group) is 1. The summed E-state index contributed by atoms with van der Waals surface area (Å²) in [5.74, 6) is 0.298. The highest BCUT2D eigenvalue weighted by atomic mass is 16.1. The predicted octanol–water partition coefficient (Wildman–Crippen LogP) is 2.08. The molecule has 1 aliphatic heterocycles. The minimum atomic E-state index is -0.461. The Kier molecular flexibility index (Phi) is 4.44. The monoisotopic (exact) mass is 349 g/mol. The van der Waals surface area contributed by atoms with Gasteiger partial charge >= 0.3 is 0 Å². The minimum Gasteiger partial charge on any atom is -0.366 e. The predicted molar refractivity (Wildman–Crippen MR) is 103 cm³/mol. The van der Waals surface area contributed by atoms with Gasteiger partial charge in [0.2, 0.25) is 0 Å². The summed E-state index contributed by atoms with van der Waals surface area (Å²) in [5.41, 5.74) is 9.64. The molecule has 0 spiro atoms. The van der Waals surface area contributed by atoms with Crippen molar-refractivity contribution in [1.82, 2.24) is 19.8 Å². The Balaban J connectivity index is 1.61. The first-order valence-corrected chi connectivity index (χ1v) is 8.89. The smallest absolute Gasteiger partial charge is 0.250 e. The van der Waals surface area contributed by atoms with Crippen molar-refractivity contribution in [2.75, 3.05) is 33.2 Å². The molecule has 3 aromatic rings. The highest BCUT2D eigenvalue weighted by molar-refractivity contribution is 6.04. The Labute approximate surface area is 152 Å². The van der Waals surface area contributed by atoms with Crippen LogP contribution in [0.2, 0.25) is 0 Å². The fourth-order valence-corrected chi connectivity index (χ4v) is 3.45. The molecule has 6 heteroatoms. The first-order chi connectivity index (χ1) is 12.6. The van der Waals surface area contributed by atoms with Crippen molar-refractivity contribution in [3.8, 4) is 11.4 Å². The number of nitrogens with zero attached hydrogens (tertiary/aromatic N) is 3. The molecule has 0 saturated carbocycles. The van der Waals surface area contributed by atoms with Gasteiger partial charge in [0.15, 0.2) is 0 Å². The van der Waals surface area contributed by atoms with Crippen LogP contribution in [0.4, 0.5) is 0 Å². The summed E-state index contributed by atoms with van der Waals surface area (Å²) in [5, 5.41) is 0. The van der Waals surface area contributed by atoms with Crippen LogP contribution in [0.1, 0.15) is 15.9 Å². The van der Waals surface area contributed by atoms with Crippen molar-refractivity contribution in [3.63, 3.8) is 0 Å². The average Bonchev–Trinajstić information content (AvgIpc) is 3.08. The number of aromatic amines is 1. The molecular weight excluding hydrogens is 326 g/mol. The van der Waals surface area contributed by atoms with Gasteiger partial charge < -0.3 is 15.6 Å². The maximum atomic E-state index is 11.6. The first-order valence-electron chi connectivity index (χ1n) is 8.89. The summed E-state index contributed by atoms with van der Waals surface area (Å²) in [4.78, 5) is 24.4. The number of fused-ring (bicyclic) bond motifs is 1. The lowest BCUT2D eigenvalue weighted by molar-refractivity contribution is 0.100. The van der Waals surface area contributed by atoms with Crippen molar-refractivity contribution in [2.24, 2.45) is 5.73 Å². The summed E-state index contributed by atoms with van der Waals surface area (Å²) >= 11 is 0. The van der Waals surface area contributed by atoms with E-state index < -0.39 is 5.91 Å². The van der Waals surface area contributed by atoms with Crippen molar-refractivity contribution in [3.05, 3.63) is 53.6 Å². The number of aromatic nitrogens is 2. The zero-order valence-electron chi connectivity index (χ0n) is 14.9. The number of para-hydroxylation sites is 1. The molecular formula is C20H23N5O. The van der Waals surface area contributed by atoms with Gasteiger partial charge in [-0.15, -0.1) is 0 Å². The standard InChI is InChI=1S/C20H23N5O/c1-24-8-10-25(11-9-24)13-14-4-2-5-15(12-14)20-22-17-7-3-6-16(19(21)26)18(17)23-20/h2-7,12H,8-11,13H2,1H3,(H2,21,26)(H,22,23). The number of amides is 1. The summed E-state index contributed by atoms with van der Waals surface area (Å²) < 4.78 is 0. The van der Waals surface area contributed by atoms with Crippen LogP contribution < -0.4 is 5.73 Å².